The first-order valence-electron chi connectivity index (χ1n) is 4.91. The van der Waals surface area contributed by atoms with Crippen LogP contribution in [0.15, 0.2) is 18.3 Å². The molecule has 1 aromatic heterocycles. The fourth-order valence-corrected chi connectivity index (χ4v) is 1.15. The maximum absolute atomic E-state index is 9.23. The van der Waals surface area contributed by atoms with Gasteiger partial charge in [0.15, 0.2) is 0 Å². The highest BCUT2D eigenvalue weighted by Gasteiger charge is 2.20. The summed E-state index contributed by atoms with van der Waals surface area (Å²) in [6.45, 7) is 6.16. The molecular formula is C11H18N2O. The van der Waals surface area contributed by atoms with Crippen molar-refractivity contribution in [2.45, 2.75) is 32.7 Å². The Kier molecular flexibility index (Phi) is 3.47. The molecule has 1 rings (SSSR count). The zero-order valence-electron chi connectivity index (χ0n) is 9.04. The normalized spacial score (nSPS) is 14.9. The molecule has 0 aromatic carbocycles. The van der Waals surface area contributed by atoms with Crippen molar-refractivity contribution < 1.29 is 5.11 Å². The van der Waals surface area contributed by atoms with E-state index in [1.54, 1.807) is 6.20 Å². The standard InChI is InChI=1S/C11H18N2O/c1-4-11(3,8-14)13-10-7-9(2)5-6-12-10/h5-7,14H,4,8H2,1-3H3,(H,12,13). The van der Waals surface area contributed by atoms with E-state index in [-0.39, 0.29) is 12.1 Å². The van der Waals surface area contributed by atoms with Crippen LogP contribution in [0, 0.1) is 6.92 Å². The van der Waals surface area contributed by atoms with Crippen LogP contribution < -0.4 is 5.32 Å². The van der Waals surface area contributed by atoms with Gasteiger partial charge >= 0.3 is 0 Å². The minimum atomic E-state index is -0.277. The molecule has 0 fully saturated rings. The molecule has 1 heterocycles. The summed E-state index contributed by atoms with van der Waals surface area (Å²) in [5.41, 5.74) is 0.889. The van der Waals surface area contributed by atoms with E-state index in [0.717, 1.165) is 12.2 Å². The summed E-state index contributed by atoms with van der Waals surface area (Å²) >= 11 is 0. The van der Waals surface area contributed by atoms with Crippen LogP contribution in [-0.4, -0.2) is 22.2 Å². The van der Waals surface area contributed by atoms with E-state index in [2.05, 4.69) is 10.3 Å². The first kappa shape index (κ1) is 11.0. The molecule has 0 aliphatic heterocycles. The van der Waals surface area contributed by atoms with Crippen LogP contribution in [0.2, 0.25) is 0 Å². The Labute approximate surface area is 85.2 Å². The lowest BCUT2D eigenvalue weighted by Gasteiger charge is -2.27. The summed E-state index contributed by atoms with van der Waals surface area (Å²) in [4.78, 5) is 4.20. The predicted molar refractivity (Wildman–Crippen MR) is 58.4 cm³/mol. The largest absolute Gasteiger partial charge is 0.394 e. The molecule has 1 unspecified atom stereocenters. The molecule has 1 atom stereocenters. The number of hydrogen-bond acceptors (Lipinski definition) is 3. The van der Waals surface area contributed by atoms with E-state index < -0.39 is 0 Å². The first-order valence-corrected chi connectivity index (χ1v) is 4.91. The lowest BCUT2D eigenvalue weighted by atomic mass is 10.0. The summed E-state index contributed by atoms with van der Waals surface area (Å²) in [5, 5.41) is 12.5. The van der Waals surface area contributed by atoms with Crippen LogP contribution >= 0.6 is 0 Å². The fraction of sp³-hybridized carbons (Fsp3) is 0.545. The minimum absolute atomic E-state index is 0.110. The molecule has 0 aliphatic rings. The van der Waals surface area contributed by atoms with Crippen molar-refractivity contribution in [3.05, 3.63) is 23.9 Å². The smallest absolute Gasteiger partial charge is 0.126 e. The van der Waals surface area contributed by atoms with Gasteiger partial charge in [-0.1, -0.05) is 6.92 Å². The third-order valence-corrected chi connectivity index (χ3v) is 2.47. The van der Waals surface area contributed by atoms with E-state index in [0.29, 0.717) is 0 Å². The van der Waals surface area contributed by atoms with Gasteiger partial charge in [-0.25, -0.2) is 4.98 Å². The van der Waals surface area contributed by atoms with Gasteiger partial charge in [-0.3, -0.25) is 0 Å². The SMILES string of the molecule is CCC(C)(CO)Nc1cc(C)ccn1. The molecule has 0 radical (unpaired) electrons. The summed E-state index contributed by atoms with van der Waals surface area (Å²) in [6, 6.07) is 3.93. The van der Waals surface area contributed by atoms with E-state index in [4.69, 9.17) is 0 Å². The van der Waals surface area contributed by atoms with Crippen LogP contribution in [0.5, 0.6) is 0 Å². The van der Waals surface area contributed by atoms with E-state index in [9.17, 15) is 5.11 Å². The molecule has 3 nitrogen and oxygen atoms in total. The molecule has 0 spiro atoms. The highest BCUT2D eigenvalue weighted by Crippen LogP contribution is 2.16. The van der Waals surface area contributed by atoms with E-state index in [1.807, 2.05) is 32.9 Å². The van der Waals surface area contributed by atoms with Crippen molar-refractivity contribution in [1.82, 2.24) is 4.98 Å². The Hall–Kier alpha value is -1.09. The number of rotatable bonds is 4. The lowest BCUT2D eigenvalue weighted by molar-refractivity contribution is 0.218. The number of pyridine rings is 1. The highest BCUT2D eigenvalue weighted by molar-refractivity contribution is 5.39. The molecule has 3 heteroatoms. The van der Waals surface area contributed by atoms with Gasteiger partial charge < -0.3 is 10.4 Å². The van der Waals surface area contributed by atoms with Crippen molar-refractivity contribution >= 4 is 5.82 Å². The molecule has 78 valence electrons. The molecule has 0 amide bonds. The van der Waals surface area contributed by atoms with Crippen molar-refractivity contribution in [3.8, 4) is 0 Å². The Morgan fingerprint density at radius 2 is 2.29 bits per heavy atom. The second-order valence-corrected chi connectivity index (χ2v) is 3.92. The van der Waals surface area contributed by atoms with Gasteiger partial charge in [0.2, 0.25) is 0 Å². The number of hydrogen-bond donors (Lipinski definition) is 2. The third kappa shape index (κ3) is 2.70. The van der Waals surface area contributed by atoms with Gasteiger partial charge in [-0.15, -0.1) is 0 Å². The summed E-state index contributed by atoms with van der Waals surface area (Å²) in [7, 11) is 0. The molecule has 0 saturated carbocycles. The summed E-state index contributed by atoms with van der Waals surface area (Å²) in [5.74, 6) is 0.823. The van der Waals surface area contributed by atoms with Crippen LogP contribution in [-0.2, 0) is 0 Å². The Bertz CT molecular complexity index is 295. The highest BCUT2D eigenvalue weighted by atomic mass is 16.3. The Morgan fingerprint density at radius 1 is 1.57 bits per heavy atom. The Morgan fingerprint density at radius 3 is 2.79 bits per heavy atom. The number of aliphatic hydroxyl groups is 1. The monoisotopic (exact) mass is 194 g/mol. The van der Waals surface area contributed by atoms with Crippen molar-refractivity contribution in [3.63, 3.8) is 0 Å². The Balaban J connectivity index is 2.77. The third-order valence-electron chi connectivity index (χ3n) is 2.47. The van der Waals surface area contributed by atoms with Gasteiger partial charge in [-0.05, 0) is 38.0 Å². The second kappa shape index (κ2) is 4.42. The zero-order valence-corrected chi connectivity index (χ0v) is 9.04. The van der Waals surface area contributed by atoms with Crippen molar-refractivity contribution in [2.24, 2.45) is 0 Å². The van der Waals surface area contributed by atoms with Crippen LogP contribution in [0.25, 0.3) is 0 Å². The van der Waals surface area contributed by atoms with E-state index >= 15 is 0 Å². The minimum Gasteiger partial charge on any atom is -0.394 e. The topological polar surface area (TPSA) is 45.1 Å². The van der Waals surface area contributed by atoms with Crippen molar-refractivity contribution in [2.75, 3.05) is 11.9 Å². The van der Waals surface area contributed by atoms with Gasteiger partial charge in [-0.2, -0.15) is 0 Å². The quantitative estimate of drug-likeness (QED) is 0.770. The number of nitrogens with zero attached hydrogens (tertiary/aromatic N) is 1. The zero-order chi connectivity index (χ0) is 10.6. The lowest BCUT2D eigenvalue weighted by Crippen LogP contribution is -2.38. The number of aryl methyl sites for hydroxylation is 1. The average Bonchev–Trinajstić information content (AvgIpc) is 2.18. The average molecular weight is 194 g/mol. The number of nitrogens with one attached hydrogen (secondary N) is 1. The van der Waals surface area contributed by atoms with Crippen LogP contribution in [0.4, 0.5) is 5.82 Å². The van der Waals surface area contributed by atoms with Gasteiger partial charge in [0.25, 0.3) is 0 Å². The molecular weight excluding hydrogens is 176 g/mol. The molecule has 0 saturated heterocycles. The maximum atomic E-state index is 9.23. The van der Waals surface area contributed by atoms with Gasteiger partial charge in [0, 0.05) is 6.20 Å². The van der Waals surface area contributed by atoms with E-state index in [1.165, 1.54) is 5.56 Å². The van der Waals surface area contributed by atoms with Crippen molar-refractivity contribution in [1.29, 1.82) is 0 Å². The molecule has 2 N–H and O–H groups in total. The van der Waals surface area contributed by atoms with Gasteiger partial charge in [0.05, 0.1) is 12.1 Å². The number of aliphatic hydroxyl groups excluding tert-OH is 1. The number of aromatic nitrogens is 1. The molecule has 0 aliphatic carbocycles. The maximum Gasteiger partial charge on any atom is 0.126 e. The second-order valence-electron chi connectivity index (χ2n) is 3.92. The summed E-state index contributed by atoms with van der Waals surface area (Å²) < 4.78 is 0. The molecule has 0 bridgehead atoms. The molecule has 14 heavy (non-hydrogen) atoms. The first-order chi connectivity index (χ1) is 6.59. The predicted octanol–water partition coefficient (Wildman–Crippen LogP) is 1.96. The van der Waals surface area contributed by atoms with Gasteiger partial charge in [0.1, 0.15) is 5.82 Å². The van der Waals surface area contributed by atoms with Crippen LogP contribution in [0.1, 0.15) is 25.8 Å². The summed E-state index contributed by atoms with van der Waals surface area (Å²) in [6.07, 6.45) is 2.63. The van der Waals surface area contributed by atoms with Crippen LogP contribution in [0.3, 0.4) is 0 Å². The molecule has 1 aromatic rings. The fourth-order valence-electron chi connectivity index (χ4n) is 1.15. The number of anilines is 1.